The lowest BCUT2D eigenvalue weighted by atomic mass is 9.89. The molecule has 0 saturated carbocycles. The molecule has 0 aliphatic heterocycles. The van der Waals surface area contributed by atoms with Gasteiger partial charge >= 0.3 is 0 Å². The Morgan fingerprint density at radius 2 is 1.27 bits per heavy atom. The number of rotatable bonds is 15. The van der Waals surface area contributed by atoms with E-state index in [9.17, 15) is 0 Å². The zero-order valence-electron chi connectivity index (χ0n) is 18.2. The highest BCUT2D eigenvalue weighted by Gasteiger charge is 2.09. The monoisotopic (exact) mass is 356 g/mol. The van der Waals surface area contributed by atoms with Gasteiger partial charge in [0.1, 0.15) is 0 Å². The maximum absolute atomic E-state index is 4.38. The first-order chi connectivity index (χ1) is 12.5. The standard InChI is InChI=1S/C26H44/c1-6-7-8-9-10-11-12-13-14-15-16-23(4)24(5)26-19-17-25(18-20-26)21-22(2)3/h17-20,22,24H,4,6-16,21H2,1-3,5H3. The molecule has 0 radical (unpaired) electrons. The lowest BCUT2D eigenvalue weighted by Crippen LogP contribution is -1.99. The fourth-order valence-electron chi connectivity index (χ4n) is 3.71. The number of benzene rings is 1. The Balaban J connectivity index is 2.14. The molecule has 0 bridgehead atoms. The first-order valence-corrected chi connectivity index (χ1v) is 11.3. The van der Waals surface area contributed by atoms with Crippen molar-refractivity contribution in [3.8, 4) is 0 Å². The molecule has 1 unspecified atom stereocenters. The van der Waals surface area contributed by atoms with Crippen LogP contribution in [0.5, 0.6) is 0 Å². The van der Waals surface area contributed by atoms with Crippen molar-refractivity contribution in [2.75, 3.05) is 0 Å². The summed E-state index contributed by atoms with van der Waals surface area (Å²) in [5, 5.41) is 0. The zero-order valence-corrected chi connectivity index (χ0v) is 18.2. The molecule has 0 aliphatic rings. The number of unbranched alkanes of at least 4 members (excludes halogenated alkanes) is 9. The third kappa shape index (κ3) is 10.2. The Hall–Kier alpha value is -1.04. The molecule has 0 aliphatic carbocycles. The third-order valence-corrected chi connectivity index (χ3v) is 5.59. The van der Waals surface area contributed by atoms with Crippen LogP contribution in [0.1, 0.15) is 115 Å². The maximum atomic E-state index is 4.38. The van der Waals surface area contributed by atoms with Gasteiger partial charge in [-0.3, -0.25) is 0 Å². The molecule has 0 heteroatoms. The van der Waals surface area contributed by atoms with Gasteiger partial charge in [0.2, 0.25) is 0 Å². The molecule has 0 saturated heterocycles. The molecule has 26 heavy (non-hydrogen) atoms. The minimum Gasteiger partial charge on any atom is -0.0993 e. The van der Waals surface area contributed by atoms with Gasteiger partial charge in [-0.05, 0) is 36.3 Å². The quantitative estimate of drug-likeness (QED) is 0.217. The van der Waals surface area contributed by atoms with Gasteiger partial charge in [0.05, 0.1) is 0 Å². The second-order valence-corrected chi connectivity index (χ2v) is 8.65. The van der Waals surface area contributed by atoms with Crippen LogP contribution in [0.15, 0.2) is 36.4 Å². The smallest absolute Gasteiger partial charge is 0.00171 e. The molecule has 1 atom stereocenters. The van der Waals surface area contributed by atoms with Crippen molar-refractivity contribution >= 4 is 0 Å². The summed E-state index contributed by atoms with van der Waals surface area (Å²) in [5.74, 6) is 1.21. The van der Waals surface area contributed by atoms with E-state index in [0.717, 1.165) is 5.92 Å². The van der Waals surface area contributed by atoms with Gasteiger partial charge in [-0.2, -0.15) is 0 Å². The van der Waals surface area contributed by atoms with E-state index in [1.54, 1.807) is 0 Å². The molecule has 0 heterocycles. The van der Waals surface area contributed by atoms with Crippen LogP contribution in [-0.4, -0.2) is 0 Å². The van der Waals surface area contributed by atoms with Crippen molar-refractivity contribution < 1.29 is 0 Å². The first-order valence-electron chi connectivity index (χ1n) is 11.3. The molecule has 1 aromatic carbocycles. The Kier molecular flexibility index (Phi) is 12.4. The number of hydrogen-bond donors (Lipinski definition) is 0. The average molecular weight is 357 g/mol. The Labute approximate surface area is 164 Å². The fraction of sp³-hybridized carbons (Fsp3) is 0.692. The first kappa shape index (κ1) is 23.0. The van der Waals surface area contributed by atoms with Gasteiger partial charge in [0.25, 0.3) is 0 Å². The summed E-state index contributed by atoms with van der Waals surface area (Å²) in [6, 6.07) is 9.23. The second-order valence-electron chi connectivity index (χ2n) is 8.65. The highest BCUT2D eigenvalue weighted by atomic mass is 14.1. The van der Waals surface area contributed by atoms with Crippen LogP contribution >= 0.6 is 0 Å². The Morgan fingerprint density at radius 3 is 1.77 bits per heavy atom. The molecule has 148 valence electrons. The van der Waals surface area contributed by atoms with Gasteiger partial charge in [-0.1, -0.05) is 122 Å². The zero-order chi connectivity index (χ0) is 19.2. The summed E-state index contributed by atoms with van der Waals surface area (Å²) in [5.41, 5.74) is 4.28. The predicted molar refractivity (Wildman–Crippen MR) is 119 cm³/mol. The Morgan fingerprint density at radius 1 is 0.769 bits per heavy atom. The van der Waals surface area contributed by atoms with Crippen LogP contribution < -0.4 is 0 Å². The molecule has 0 spiro atoms. The van der Waals surface area contributed by atoms with Crippen LogP contribution in [0.3, 0.4) is 0 Å². The summed E-state index contributed by atoms with van der Waals surface area (Å²) in [4.78, 5) is 0. The Bertz CT molecular complexity index is 465. The highest BCUT2D eigenvalue weighted by Crippen LogP contribution is 2.27. The van der Waals surface area contributed by atoms with E-state index in [4.69, 9.17) is 0 Å². The van der Waals surface area contributed by atoms with E-state index in [1.807, 2.05) is 0 Å². The summed E-state index contributed by atoms with van der Waals surface area (Å²) in [6.07, 6.45) is 16.4. The predicted octanol–water partition coefficient (Wildman–Crippen LogP) is 8.86. The minimum absolute atomic E-state index is 0.488. The van der Waals surface area contributed by atoms with Crippen molar-refractivity contribution in [1.29, 1.82) is 0 Å². The highest BCUT2D eigenvalue weighted by molar-refractivity contribution is 5.30. The maximum Gasteiger partial charge on any atom is 0.00171 e. The fourth-order valence-corrected chi connectivity index (χ4v) is 3.71. The van der Waals surface area contributed by atoms with Gasteiger partial charge in [-0.15, -0.1) is 0 Å². The van der Waals surface area contributed by atoms with E-state index in [1.165, 1.54) is 93.7 Å². The summed E-state index contributed by atoms with van der Waals surface area (Å²) < 4.78 is 0. The molecule has 0 aromatic heterocycles. The van der Waals surface area contributed by atoms with Crippen LogP contribution in [0.4, 0.5) is 0 Å². The summed E-state index contributed by atoms with van der Waals surface area (Å²) >= 11 is 0. The largest absolute Gasteiger partial charge is 0.0993 e. The second kappa shape index (κ2) is 14.1. The van der Waals surface area contributed by atoms with Crippen molar-refractivity contribution in [2.45, 2.75) is 111 Å². The van der Waals surface area contributed by atoms with E-state index in [-0.39, 0.29) is 0 Å². The van der Waals surface area contributed by atoms with Gasteiger partial charge < -0.3 is 0 Å². The van der Waals surface area contributed by atoms with Crippen LogP contribution in [-0.2, 0) is 6.42 Å². The number of allylic oxidation sites excluding steroid dienone is 1. The van der Waals surface area contributed by atoms with Crippen LogP contribution in [0.2, 0.25) is 0 Å². The van der Waals surface area contributed by atoms with Crippen molar-refractivity contribution in [3.63, 3.8) is 0 Å². The van der Waals surface area contributed by atoms with E-state index < -0.39 is 0 Å². The van der Waals surface area contributed by atoms with Gasteiger partial charge in [0.15, 0.2) is 0 Å². The summed E-state index contributed by atoms with van der Waals surface area (Å²) in [6.45, 7) is 13.5. The van der Waals surface area contributed by atoms with Gasteiger partial charge in [-0.25, -0.2) is 0 Å². The van der Waals surface area contributed by atoms with E-state index in [0.29, 0.717) is 5.92 Å². The lowest BCUT2D eigenvalue weighted by Gasteiger charge is -2.16. The third-order valence-electron chi connectivity index (χ3n) is 5.59. The molecular formula is C26H44. The van der Waals surface area contributed by atoms with Crippen molar-refractivity contribution in [3.05, 3.63) is 47.5 Å². The molecule has 0 amide bonds. The topological polar surface area (TPSA) is 0 Å². The van der Waals surface area contributed by atoms with Crippen molar-refractivity contribution in [2.24, 2.45) is 5.92 Å². The SMILES string of the molecule is C=C(CCCCCCCCCCCC)C(C)c1ccc(CC(C)C)cc1. The molecular weight excluding hydrogens is 312 g/mol. The van der Waals surface area contributed by atoms with Crippen LogP contribution in [0, 0.1) is 5.92 Å². The van der Waals surface area contributed by atoms with Crippen molar-refractivity contribution in [1.82, 2.24) is 0 Å². The molecule has 1 aromatic rings. The number of hydrogen-bond acceptors (Lipinski definition) is 0. The normalized spacial score (nSPS) is 12.5. The van der Waals surface area contributed by atoms with E-state index in [2.05, 4.69) is 58.5 Å². The molecule has 0 nitrogen and oxygen atoms in total. The lowest BCUT2D eigenvalue weighted by molar-refractivity contribution is 0.554. The van der Waals surface area contributed by atoms with Crippen LogP contribution in [0.25, 0.3) is 0 Å². The minimum atomic E-state index is 0.488. The van der Waals surface area contributed by atoms with E-state index >= 15 is 0 Å². The molecule has 0 N–H and O–H groups in total. The average Bonchev–Trinajstić information content (AvgIpc) is 2.62. The van der Waals surface area contributed by atoms with Gasteiger partial charge in [0, 0.05) is 5.92 Å². The summed E-state index contributed by atoms with van der Waals surface area (Å²) in [7, 11) is 0. The molecule has 0 fully saturated rings. The molecule has 1 rings (SSSR count).